The van der Waals surface area contributed by atoms with Crippen molar-refractivity contribution in [3.8, 4) is 11.5 Å². The van der Waals surface area contributed by atoms with Gasteiger partial charge in [0, 0.05) is 8.95 Å². The lowest BCUT2D eigenvalue weighted by molar-refractivity contribution is 0.318. The van der Waals surface area contributed by atoms with Crippen molar-refractivity contribution in [2.45, 2.75) is 0 Å². The number of oxime groups is 1. The highest BCUT2D eigenvalue weighted by Crippen LogP contribution is 2.34. The number of hydrogen-bond acceptors (Lipinski definition) is 3. The van der Waals surface area contributed by atoms with Crippen LogP contribution < -0.4 is 10.5 Å². The first-order valence-electron chi connectivity index (χ1n) is 5.41. The van der Waals surface area contributed by atoms with Crippen molar-refractivity contribution in [1.29, 1.82) is 0 Å². The zero-order valence-electron chi connectivity index (χ0n) is 9.98. The molecular formula is C13H9Br2ClN2O2. The Balaban J connectivity index is 2.44. The molecule has 0 spiro atoms. The molecule has 0 amide bonds. The predicted octanol–water partition coefficient (Wildman–Crippen LogP) is 4.75. The minimum absolute atomic E-state index is 0.0410. The first-order chi connectivity index (χ1) is 9.51. The van der Waals surface area contributed by atoms with Crippen molar-refractivity contribution < 1.29 is 9.94 Å². The van der Waals surface area contributed by atoms with Gasteiger partial charge in [-0.05, 0) is 36.4 Å². The van der Waals surface area contributed by atoms with Crippen molar-refractivity contribution in [2.75, 3.05) is 0 Å². The van der Waals surface area contributed by atoms with E-state index in [4.69, 9.17) is 27.3 Å². The first-order valence-corrected chi connectivity index (χ1v) is 7.38. The van der Waals surface area contributed by atoms with Crippen LogP contribution in [0, 0.1) is 0 Å². The van der Waals surface area contributed by atoms with Gasteiger partial charge in [0.25, 0.3) is 0 Å². The molecule has 2 aromatic rings. The van der Waals surface area contributed by atoms with Crippen molar-refractivity contribution in [3.63, 3.8) is 0 Å². The average molecular weight is 420 g/mol. The molecule has 0 unspecified atom stereocenters. The number of benzene rings is 2. The normalized spacial score (nSPS) is 11.4. The molecule has 20 heavy (non-hydrogen) atoms. The van der Waals surface area contributed by atoms with Crippen molar-refractivity contribution >= 4 is 49.3 Å². The molecule has 0 aliphatic rings. The fraction of sp³-hybridized carbons (Fsp3) is 0. The summed E-state index contributed by atoms with van der Waals surface area (Å²) in [7, 11) is 0. The minimum atomic E-state index is -0.0410. The summed E-state index contributed by atoms with van der Waals surface area (Å²) in [6, 6.07) is 10.4. The Morgan fingerprint density at radius 1 is 1.10 bits per heavy atom. The fourth-order valence-electron chi connectivity index (χ4n) is 1.52. The minimum Gasteiger partial charge on any atom is -0.455 e. The van der Waals surface area contributed by atoms with Gasteiger partial charge in [0.05, 0.1) is 10.6 Å². The van der Waals surface area contributed by atoms with E-state index >= 15 is 0 Å². The Morgan fingerprint density at radius 2 is 1.75 bits per heavy atom. The monoisotopic (exact) mass is 418 g/mol. The Morgan fingerprint density at radius 3 is 2.40 bits per heavy atom. The van der Waals surface area contributed by atoms with Crippen LogP contribution in [0.5, 0.6) is 11.5 Å². The van der Waals surface area contributed by atoms with Crippen LogP contribution in [0.1, 0.15) is 5.56 Å². The van der Waals surface area contributed by atoms with Crippen LogP contribution in [0.2, 0.25) is 5.02 Å². The van der Waals surface area contributed by atoms with E-state index in [0.717, 1.165) is 8.95 Å². The summed E-state index contributed by atoms with van der Waals surface area (Å²) in [5.74, 6) is 0.861. The molecule has 0 fully saturated rings. The number of amidine groups is 1. The standard InChI is InChI=1S/C13H9Br2ClN2O2/c14-7-2-4-11(10(16)5-7)20-12-6-8(15)1-3-9(12)13(17)18-19/h1-6,19H,(H2,17,18). The third-order valence-corrected chi connectivity index (χ3v) is 3.72. The van der Waals surface area contributed by atoms with E-state index in [1.54, 1.807) is 30.3 Å². The second-order valence-corrected chi connectivity index (χ2v) is 6.04. The molecule has 0 radical (unpaired) electrons. The van der Waals surface area contributed by atoms with Crippen LogP contribution in [-0.4, -0.2) is 11.0 Å². The maximum Gasteiger partial charge on any atom is 0.173 e. The Hall–Kier alpha value is -1.24. The smallest absolute Gasteiger partial charge is 0.173 e. The molecule has 3 N–H and O–H groups in total. The summed E-state index contributed by atoms with van der Waals surface area (Å²) in [6.07, 6.45) is 0. The molecule has 0 heterocycles. The fourth-order valence-corrected chi connectivity index (χ4v) is 2.57. The van der Waals surface area contributed by atoms with E-state index in [1.165, 1.54) is 0 Å². The van der Waals surface area contributed by atoms with Crippen LogP contribution in [0.4, 0.5) is 0 Å². The summed E-state index contributed by atoms with van der Waals surface area (Å²) >= 11 is 12.8. The lowest BCUT2D eigenvalue weighted by atomic mass is 10.2. The second-order valence-electron chi connectivity index (χ2n) is 3.80. The maximum atomic E-state index is 8.80. The molecule has 0 aliphatic heterocycles. The van der Waals surface area contributed by atoms with E-state index in [-0.39, 0.29) is 5.84 Å². The number of halogens is 3. The van der Waals surface area contributed by atoms with Gasteiger partial charge in [-0.25, -0.2) is 0 Å². The summed E-state index contributed by atoms with van der Waals surface area (Å²) in [4.78, 5) is 0. The third kappa shape index (κ3) is 3.45. The molecular weight excluding hydrogens is 411 g/mol. The van der Waals surface area contributed by atoms with E-state index < -0.39 is 0 Å². The Kier molecular flexibility index (Phi) is 4.91. The second kappa shape index (κ2) is 6.47. The Bertz CT molecular complexity index is 677. The van der Waals surface area contributed by atoms with Gasteiger partial charge in [-0.3, -0.25) is 0 Å². The van der Waals surface area contributed by atoms with Crippen LogP contribution in [0.15, 0.2) is 50.5 Å². The number of hydrogen-bond donors (Lipinski definition) is 2. The van der Waals surface area contributed by atoms with E-state index in [0.29, 0.717) is 22.1 Å². The number of nitrogens with zero attached hydrogens (tertiary/aromatic N) is 1. The molecule has 0 aromatic heterocycles. The van der Waals surface area contributed by atoms with Gasteiger partial charge >= 0.3 is 0 Å². The van der Waals surface area contributed by atoms with Crippen LogP contribution in [0.25, 0.3) is 0 Å². The van der Waals surface area contributed by atoms with Crippen molar-refractivity contribution in [3.05, 3.63) is 55.9 Å². The van der Waals surface area contributed by atoms with Crippen LogP contribution in [-0.2, 0) is 0 Å². The molecule has 2 aromatic carbocycles. The van der Waals surface area contributed by atoms with E-state index in [2.05, 4.69) is 37.0 Å². The molecule has 7 heteroatoms. The van der Waals surface area contributed by atoms with Crippen LogP contribution >= 0.6 is 43.5 Å². The summed E-state index contributed by atoms with van der Waals surface area (Å²) < 4.78 is 7.39. The van der Waals surface area contributed by atoms with Gasteiger partial charge in [0.1, 0.15) is 11.5 Å². The topological polar surface area (TPSA) is 67.8 Å². The maximum absolute atomic E-state index is 8.80. The SMILES string of the molecule is N/C(=N/O)c1ccc(Br)cc1Oc1ccc(Br)cc1Cl. The number of ether oxygens (including phenoxy) is 1. The average Bonchev–Trinajstić information content (AvgIpc) is 2.41. The zero-order chi connectivity index (χ0) is 14.7. The molecule has 4 nitrogen and oxygen atoms in total. The lowest BCUT2D eigenvalue weighted by Crippen LogP contribution is -2.14. The Labute approximate surface area is 137 Å². The quantitative estimate of drug-likeness (QED) is 0.326. The molecule has 0 saturated heterocycles. The summed E-state index contributed by atoms with van der Waals surface area (Å²) in [5.41, 5.74) is 6.09. The van der Waals surface area contributed by atoms with Crippen molar-refractivity contribution in [2.24, 2.45) is 10.9 Å². The zero-order valence-corrected chi connectivity index (χ0v) is 13.9. The van der Waals surface area contributed by atoms with Gasteiger partial charge in [-0.1, -0.05) is 48.6 Å². The van der Waals surface area contributed by atoms with Gasteiger partial charge in [0.15, 0.2) is 5.84 Å². The van der Waals surface area contributed by atoms with E-state index in [9.17, 15) is 0 Å². The molecule has 2 rings (SSSR count). The molecule has 0 aliphatic carbocycles. The van der Waals surface area contributed by atoms with Crippen LogP contribution in [0.3, 0.4) is 0 Å². The number of nitrogens with two attached hydrogens (primary N) is 1. The largest absolute Gasteiger partial charge is 0.455 e. The summed E-state index contributed by atoms with van der Waals surface area (Å²) in [5, 5.41) is 12.2. The predicted molar refractivity (Wildman–Crippen MR) is 85.9 cm³/mol. The van der Waals surface area contributed by atoms with Crippen molar-refractivity contribution in [1.82, 2.24) is 0 Å². The highest BCUT2D eigenvalue weighted by molar-refractivity contribution is 9.10. The van der Waals surface area contributed by atoms with Gasteiger partial charge in [-0.15, -0.1) is 0 Å². The van der Waals surface area contributed by atoms with Gasteiger partial charge < -0.3 is 15.7 Å². The highest BCUT2D eigenvalue weighted by Gasteiger charge is 2.12. The molecule has 0 atom stereocenters. The lowest BCUT2D eigenvalue weighted by Gasteiger charge is -2.12. The molecule has 104 valence electrons. The number of rotatable bonds is 3. The van der Waals surface area contributed by atoms with Gasteiger partial charge in [-0.2, -0.15) is 0 Å². The highest BCUT2D eigenvalue weighted by atomic mass is 79.9. The van der Waals surface area contributed by atoms with Gasteiger partial charge in [0.2, 0.25) is 0 Å². The third-order valence-electron chi connectivity index (χ3n) is 2.44. The molecule has 0 saturated carbocycles. The summed E-state index contributed by atoms with van der Waals surface area (Å²) in [6.45, 7) is 0. The van der Waals surface area contributed by atoms with E-state index in [1.807, 2.05) is 6.07 Å². The first kappa shape index (κ1) is 15.2. The molecule has 0 bridgehead atoms.